The Hall–Kier alpha value is -6.84. The van der Waals surface area contributed by atoms with Gasteiger partial charge in [0.1, 0.15) is 0 Å². The predicted octanol–water partition coefficient (Wildman–Crippen LogP) is 14.4. The van der Waals surface area contributed by atoms with Gasteiger partial charge in [-0.25, -0.2) is 0 Å². The minimum atomic E-state index is 0.0846. The number of hydrogen-bond donors (Lipinski definition) is 0. The summed E-state index contributed by atoms with van der Waals surface area (Å²) in [5.74, 6) is 0. The summed E-state index contributed by atoms with van der Waals surface area (Å²) in [6, 6.07) is 57.2. The van der Waals surface area contributed by atoms with E-state index in [0.717, 1.165) is 58.9 Å². The first-order valence-corrected chi connectivity index (χ1v) is 19.8. The lowest BCUT2D eigenvalue weighted by Gasteiger charge is -2.34. The third kappa shape index (κ3) is 5.19. The molecule has 8 aromatic carbocycles. The van der Waals surface area contributed by atoms with E-state index < -0.39 is 0 Å². The van der Waals surface area contributed by atoms with Crippen LogP contribution in [0, 0.1) is 6.92 Å². The van der Waals surface area contributed by atoms with Crippen LogP contribution in [0.2, 0.25) is 0 Å². The Morgan fingerprint density at radius 2 is 1.30 bits per heavy atom. The third-order valence-electron chi connectivity index (χ3n) is 11.9. The quantitative estimate of drug-likeness (QED) is 0.170. The van der Waals surface area contributed by atoms with Gasteiger partial charge in [0.05, 0.1) is 17.4 Å². The summed E-state index contributed by atoms with van der Waals surface area (Å²) in [5.41, 5.74) is 13.9. The molecule has 0 fully saturated rings. The number of rotatable bonds is 6. The predicted molar refractivity (Wildman–Crippen MR) is 237 cm³/mol. The highest BCUT2D eigenvalue weighted by atomic mass is 16.3. The van der Waals surface area contributed by atoms with E-state index >= 15 is 0 Å². The molecule has 0 bridgehead atoms. The summed E-state index contributed by atoms with van der Waals surface area (Å²) in [7, 11) is 0. The van der Waals surface area contributed by atoms with E-state index in [0.29, 0.717) is 0 Å². The van der Waals surface area contributed by atoms with E-state index in [1.165, 1.54) is 60.1 Å². The van der Waals surface area contributed by atoms with Crippen molar-refractivity contribution in [2.24, 2.45) is 0 Å². The van der Waals surface area contributed by atoms with Gasteiger partial charge in [0.15, 0.2) is 11.2 Å². The molecule has 9 aromatic rings. The van der Waals surface area contributed by atoms with Crippen LogP contribution in [-0.4, -0.2) is 6.04 Å². The normalized spacial score (nSPS) is 14.7. The lowest BCUT2D eigenvalue weighted by molar-refractivity contribution is 0.663. The molecule has 1 atom stereocenters. The van der Waals surface area contributed by atoms with Gasteiger partial charge in [0.2, 0.25) is 0 Å². The molecule has 2 aliphatic rings. The highest BCUT2D eigenvalue weighted by Crippen LogP contribution is 2.52. The standard InChI is InChI=1S/C53H40N2O/c1-35-45-25-14-15-27-47(45)50-49-46-26-13-12-20-40(46)34-48(54(41-21-4-2-5-22-41)43-30-28-36-16-8-10-18-38(36)32-43)52(49)56-53(50)51(35)55(42-23-6-3-7-24-42)44-31-29-37-17-9-11-19-39(37)33-44/h2-14,16-26,28-31,33-34,43H,15,27,32H2,1H3. The van der Waals surface area contributed by atoms with Crippen molar-refractivity contribution in [1.29, 1.82) is 0 Å². The first kappa shape index (κ1) is 32.6. The Kier molecular flexibility index (Phi) is 7.67. The van der Waals surface area contributed by atoms with Gasteiger partial charge in [-0.3, -0.25) is 0 Å². The Balaban J connectivity index is 1.26. The van der Waals surface area contributed by atoms with E-state index in [-0.39, 0.29) is 6.04 Å². The Bertz CT molecular complexity index is 3030. The molecule has 0 aliphatic heterocycles. The van der Waals surface area contributed by atoms with Crippen LogP contribution in [0.15, 0.2) is 174 Å². The molecule has 56 heavy (non-hydrogen) atoms. The monoisotopic (exact) mass is 720 g/mol. The SMILES string of the molecule is Cc1c2c(c3c(oc4c(N(c5ccccc5)C5C=Cc6ccccc6C5)cc5ccccc5c43)c1N(c1ccccc1)c1ccc3ccccc3c1)CCC=C2. The molecule has 3 heteroatoms. The Morgan fingerprint density at radius 1 is 0.589 bits per heavy atom. The zero-order valence-electron chi connectivity index (χ0n) is 31.3. The van der Waals surface area contributed by atoms with Crippen LogP contribution in [0.1, 0.15) is 34.2 Å². The molecule has 0 saturated carbocycles. The minimum absolute atomic E-state index is 0.0846. The van der Waals surface area contributed by atoms with Crippen LogP contribution >= 0.6 is 0 Å². The Morgan fingerprint density at radius 3 is 2.14 bits per heavy atom. The van der Waals surface area contributed by atoms with Crippen LogP contribution in [-0.2, 0) is 12.8 Å². The van der Waals surface area contributed by atoms with Crippen molar-refractivity contribution < 1.29 is 4.42 Å². The van der Waals surface area contributed by atoms with E-state index in [1.807, 2.05) is 0 Å². The molecule has 268 valence electrons. The van der Waals surface area contributed by atoms with Crippen LogP contribution in [0.3, 0.4) is 0 Å². The van der Waals surface area contributed by atoms with Crippen molar-refractivity contribution >= 4 is 84.1 Å². The smallest absolute Gasteiger partial charge is 0.160 e. The summed E-state index contributed by atoms with van der Waals surface area (Å²) in [6.45, 7) is 2.28. The highest BCUT2D eigenvalue weighted by molar-refractivity contribution is 6.26. The van der Waals surface area contributed by atoms with Crippen LogP contribution in [0.5, 0.6) is 0 Å². The van der Waals surface area contributed by atoms with Crippen molar-refractivity contribution in [2.45, 2.75) is 32.2 Å². The van der Waals surface area contributed by atoms with Crippen molar-refractivity contribution in [3.63, 3.8) is 0 Å². The topological polar surface area (TPSA) is 19.6 Å². The lowest BCUT2D eigenvalue weighted by Crippen LogP contribution is -2.33. The van der Waals surface area contributed by atoms with Gasteiger partial charge < -0.3 is 14.2 Å². The largest absolute Gasteiger partial charge is 0.452 e. The number of aryl methyl sites for hydroxylation is 1. The number of benzene rings is 8. The third-order valence-corrected chi connectivity index (χ3v) is 11.9. The van der Waals surface area contributed by atoms with Crippen molar-refractivity contribution in [1.82, 2.24) is 0 Å². The van der Waals surface area contributed by atoms with E-state index in [4.69, 9.17) is 4.42 Å². The number of fused-ring (bicyclic) bond motifs is 9. The second-order valence-electron chi connectivity index (χ2n) is 15.2. The van der Waals surface area contributed by atoms with Gasteiger partial charge in [0, 0.05) is 27.8 Å². The molecule has 1 heterocycles. The van der Waals surface area contributed by atoms with Crippen LogP contribution in [0.4, 0.5) is 28.4 Å². The molecule has 0 spiro atoms. The number of hydrogen-bond acceptors (Lipinski definition) is 3. The first-order chi connectivity index (χ1) is 27.7. The number of para-hydroxylation sites is 2. The zero-order valence-corrected chi connectivity index (χ0v) is 31.3. The molecule has 0 N–H and O–H groups in total. The average molecular weight is 721 g/mol. The number of anilines is 5. The summed E-state index contributed by atoms with van der Waals surface area (Å²) in [6.07, 6.45) is 12.2. The molecule has 0 amide bonds. The van der Waals surface area contributed by atoms with E-state index in [9.17, 15) is 0 Å². The van der Waals surface area contributed by atoms with Crippen LogP contribution < -0.4 is 9.80 Å². The molecule has 2 aliphatic carbocycles. The maximum absolute atomic E-state index is 7.61. The van der Waals surface area contributed by atoms with Gasteiger partial charge in [-0.1, -0.05) is 140 Å². The summed E-state index contributed by atoms with van der Waals surface area (Å²) < 4.78 is 7.61. The fourth-order valence-electron chi connectivity index (χ4n) is 9.37. The Labute approximate surface area is 327 Å². The number of furan rings is 1. The highest BCUT2D eigenvalue weighted by Gasteiger charge is 2.32. The summed E-state index contributed by atoms with van der Waals surface area (Å²) in [5, 5.41) is 7.25. The molecule has 3 nitrogen and oxygen atoms in total. The van der Waals surface area contributed by atoms with E-state index in [1.54, 1.807) is 0 Å². The van der Waals surface area contributed by atoms with E-state index in [2.05, 4.69) is 199 Å². The summed E-state index contributed by atoms with van der Waals surface area (Å²) >= 11 is 0. The molecule has 0 saturated heterocycles. The maximum Gasteiger partial charge on any atom is 0.160 e. The molecular formula is C53H40N2O. The van der Waals surface area contributed by atoms with Crippen molar-refractivity contribution in [3.8, 4) is 0 Å². The van der Waals surface area contributed by atoms with Crippen molar-refractivity contribution in [2.75, 3.05) is 9.80 Å². The fourth-order valence-corrected chi connectivity index (χ4v) is 9.37. The first-order valence-electron chi connectivity index (χ1n) is 19.8. The van der Waals surface area contributed by atoms with Gasteiger partial charge in [-0.2, -0.15) is 0 Å². The maximum atomic E-state index is 7.61. The number of nitrogens with zero attached hydrogens (tertiary/aromatic N) is 2. The summed E-state index contributed by atoms with van der Waals surface area (Å²) in [4.78, 5) is 4.94. The molecule has 1 aromatic heterocycles. The molecule has 0 radical (unpaired) electrons. The molecular weight excluding hydrogens is 681 g/mol. The van der Waals surface area contributed by atoms with Gasteiger partial charge in [-0.05, 0) is 118 Å². The van der Waals surface area contributed by atoms with Gasteiger partial charge in [-0.15, -0.1) is 0 Å². The van der Waals surface area contributed by atoms with Gasteiger partial charge >= 0.3 is 0 Å². The minimum Gasteiger partial charge on any atom is -0.452 e. The van der Waals surface area contributed by atoms with Crippen molar-refractivity contribution in [3.05, 3.63) is 198 Å². The van der Waals surface area contributed by atoms with Crippen LogP contribution in [0.25, 0.3) is 55.6 Å². The lowest BCUT2D eigenvalue weighted by atomic mass is 9.87. The fraction of sp³-hybridized carbons (Fsp3) is 0.0943. The molecule has 1 unspecified atom stereocenters. The zero-order chi connectivity index (χ0) is 37.2. The number of allylic oxidation sites excluding steroid dienone is 1. The second kappa shape index (κ2) is 13.2. The second-order valence-corrected chi connectivity index (χ2v) is 15.2. The molecule has 11 rings (SSSR count). The van der Waals surface area contributed by atoms with Gasteiger partial charge in [0.25, 0.3) is 0 Å². The average Bonchev–Trinajstić information content (AvgIpc) is 3.67.